The van der Waals surface area contributed by atoms with E-state index in [1.54, 1.807) is 6.08 Å². The lowest BCUT2D eigenvalue weighted by Gasteiger charge is -2.46. The van der Waals surface area contributed by atoms with Crippen molar-refractivity contribution in [3.05, 3.63) is 97.2 Å². The van der Waals surface area contributed by atoms with Crippen molar-refractivity contribution in [1.29, 1.82) is 0 Å². The van der Waals surface area contributed by atoms with Crippen LogP contribution in [0.4, 0.5) is 0 Å². The van der Waals surface area contributed by atoms with E-state index >= 15 is 0 Å². The van der Waals surface area contributed by atoms with Crippen molar-refractivity contribution < 1.29 is 64.6 Å². The summed E-state index contributed by atoms with van der Waals surface area (Å²) in [5.74, 6) is -0.257. The molecule has 0 radical (unpaired) electrons. The zero-order chi connectivity index (χ0) is 60.2. The minimum absolute atomic E-state index is 0.257. The van der Waals surface area contributed by atoms with Crippen molar-refractivity contribution in [2.75, 3.05) is 19.8 Å². The van der Waals surface area contributed by atoms with E-state index in [0.29, 0.717) is 12.8 Å². The molecule has 12 unspecified atom stereocenters. The highest BCUT2D eigenvalue weighted by Crippen LogP contribution is 2.30. The van der Waals surface area contributed by atoms with Gasteiger partial charge < -0.3 is 65.1 Å². The Morgan fingerprint density at radius 3 is 1.33 bits per heavy atom. The maximum Gasteiger partial charge on any atom is 0.220 e. The summed E-state index contributed by atoms with van der Waals surface area (Å²) >= 11 is 0. The second kappa shape index (κ2) is 53.2. The summed E-state index contributed by atoms with van der Waals surface area (Å²) in [6.45, 7) is 2.66. The van der Waals surface area contributed by atoms with Gasteiger partial charge in [-0.1, -0.05) is 239 Å². The second-order valence-electron chi connectivity index (χ2n) is 22.8. The number of hydrogen-bond donors (Lipinski definition) is 9. The molecular weight excluding hydrogens is 1050 g/mol. The van der Waals surface area contributed by atoms with Crippen LogP contribution in [0.3, 0.4) is 0 Å². The lowest BCUT2D eigenvalue weighted by atomic mass is 9.97. The van der Waals surface area contributed by atoms with E-state index in [9.17, 15) is 45.6 Å². The minimum Gasteiger partial charge on any atom is -0.394 e. The number of amides is 1. The Bertz CT molecular complexity index is 1760. The van der Waals surface area contributed by atoms with Gasteiger partial charge in [0.2, 0.25) is 5.91 Å². The third-order valence-corrected chi connectivity index (χ3v) is 15.5. The van der Waals surface area contributed by atoms with Gasteiger partial charge in [0, 0.05) is 6.42 Å². The Labute approximate surface area is 503 Å². The van der Waals surface area contributed by atoms with Crippen LogP contribution in [-0.2, 0) is 23.7 Å². The molecule has 2 heterocycles. The Hall–Kier alpha value is -3.09. The first kappa shape index (κ1) is 76.0. The monoisotopic (exact) mass is 1170 g/mol. The van der Waals surface area contributed by atoms with Gasteiger partial charge >= 0.3 is 0 Å². The van der Waals surface area contributed by atoms with Gasteiger partial charge in [0.05, 0.1) is 32.0 Å². The molecule has 0 aliphatic carbocycles. The minimum atomic E-state index is -1.80. The Morgan fingerprint density at radius 2 is 0.843 bits per heavy atom. The fraction of sp³-hybridized carbons (Fsp3) is 0.754. The smallest absolute Gasteiger partial charge is 0.220 e. The number of nitrogens with one attached hydrogen (secondary N) is 1. The molecule has 2 saturated heterocycles. The SMILES string of the molecule is CC/C=C\C/C=C\C/C=C\C/C=C\C/C=C\CCCCCCCCCCCCCCCC(=O)NC(COC1OC(CO)C(OC2OC(CO)C(O)C(O)C2O)C(O)C1O)C(O)/C=C/CC/C=C/CC/C=C/CCCCCCCCCCCC. The molecule has 0 aromatic rings. The van der Waals surface area contributed by atoms with E-state index in [-0.39, 0.29) is 18.9 Å². The molecule has 0 aromatic heterocycles. The maximum absolute atomic E-state index is 13.3. The van der Waals surface area contributed by atoms with Crippen LogP contribution in [0, 0.1) is 0 Å². The first-order valence-corrected chi connectivity index (χ1v) is 33.0. The zero-order valence-electron chi connectivity index (χ0n) is 51.7. The standard InChI is InChI=1S/C69H119NO13/c1-3-5-7-9-11-13-15-17-19-21-23-25-26-27-28-29-30-31-32-33-35-37-39-41-43-45-47-49-51-53-61(74)70-57(58(73)52-50-48-46-44-42-40-38-36-34-24-22-20-18-16-14-12-10-8-6-4-2)56-80-68-66(79)64(77)67(60(55-72)82-68)83-69-65(78)63(76)62(75)59(54-71)81-69/h5,7,11,13,17,19,23,25,27-28,34,36,42,44,50,52,57-60,62-69,71-73,75-79H,3-4,6,8-10,12,14-16,18,20-22,24,26,29-33,35,37-41,43,45-49,51,53-56H2,1-2H3,(H,70,74)/b7-5-,13-11-,19-17-,25-23-,28-27-,36-34+,44-42+,52-50+. The predicted molar refractivity (Wildman–Crippen MR) is 336 cm³/mol. The van der Waals surface area contributed by atoms with Crippen molar-refractivity contribution >= 4 is 5.91 Å². The van der Waals surface area contributed by atoms with E-state index < -0.39 is 86.8 Å². The van der Waals surface area contributed by atoms with Gasteiger partial charge in [-0.05, 0) is 89.9 Å². The molecule has 0 saturated carbocycles. The van der Waals surface area contributed by atoms with Crippen LogP contribution in [0.2, 0.25) is 0 Å². The molecule has 2 aliphatic heterocycles. The second-order valence-corrected chi connectivity index (χ2v) is 22.8. The summed E-state index contributed by atoms with van der Waals surface area (Å²) in [7, 11) is 0. The molecule has 2 aliphatic rings. The summed E-state index contributed by atoms with van der Waals surface area (Å²) in [6.07, 6.45) is 57.3. The number of hydrogen-bond acceptors (Lipinski definition) is 13. The average Bonchev–Trinajstić information content (AvgIpc) is 3.65. The van der Waals surface area contributed by atoms with Crippen molar-refractivity contribution in [1.82, 2.24) is 5.32 Å². The molecule has 2 fully saturated rings. The number of carbonyl (C=O) groups is 1. The third kappa shape index (κ3) is 37.9. The van der Waals surface area contributed by atoms with E-state index in [4.69, 9.17) is 18.9 Å². The predicted octanol–water partition coefficient (Wildman–Crippen LogP) is 12.6. The molecule has 83 heavy (non-hydrogen) atoms. The highest BCUT2D eigenvalue weighted by Gasteiger charge is 2.51. The van der Waals surface area contributed by atoms with Gasteiger partial charge in [-0.2, -0.15) is 0 Å². The van der Waals surface area contributed by atoms with Crippen LogP contribution < -0.4 is 5.32 Å². The molecule has 9 N–H and O–H groups in total. The Balaban J connectivity index is 1.72. The lowest BCUT2D eigenvalue weighted by molar-refractivity contribution is -0.359. The maximum atomic E-state index is 13.3. The molecule has 14 nitrogen and oxygen atoms in total. The first-order chi connectivity index (χ1) is 40.6. The molecular formula is C69H119NO13. The van der Waals surface area contributed by atoms with Crippen molar-refractivity contribution in [3.63, 3.8) is 0 Å². The van der Waals surface area contributed by atoms with Crippen LogP contribution in [0.1, 0.15) is 239 Å². The summed E-state index contributed by atoms with van der Waals surface area (Å²) in [5, 5.41) is 87.3. The highest BCUT2D eigenvalue weighted by molar-refractivity contribution is 5.76. The van der Waals surface area contributed by atoms with Crippen LogP contribution in [0.25, 0.3) is 0 Å². The van der Waals surface area contributed by atoms with Gasteiger partial charge in [0.1, 0.15) is 48.8 Å². The zero-order valence-corrected chi connectivity index (χ0v) is 51.7. The van der Waals surface area contributed by atoms with Crippen LogP contribution in [-0.4, -0.2) is 140 Å². The number of allylic oxidation sites excluding steroid dienone is 15. The quantitative estimate of drug-likeness (QED) is 0.0204. The van der Waals surface area contributed by atoms with E-state index in [0.717, 1.165) is 83.5 Å². The topological polar surface area (TPSA) is 228 Å². The van der Waals surface area contributed by atoms with E-state index in [1.165, 1.54) is 122 Å². The highest BCUT2D eigenvalue weighted by atomic mass is 16.7. The van der Waals surface area contributed by atoms with E-state index in [2.05, 4.69) is 104 Å². The van der Waals surface area contributed by atoms with Gasteiger partial charge in [-0.25, -0.2) is 0 Å². The van der Waals surface area contributed by atoms with Crippen molar-refractivity contribution in [2.24, 2.45) is 0 Å². The number of rotatable bonds is 52. The normalized spacial score (nSPS) is 24.5. The summed E-state index contributed by atoms with van der Waals surface area (Å²) < 4.78 is 22.8. The van der Waals surface area contributed by atoms with Crippen molar-refractivity contribution in [2.45, 2.75) is 312 Å². The summed E-state index contributed by atoms with van der Waals surface area (Å²) in [6, 6.07) is -0.945. The Kier molecular flexibility index (Phi) is 48.7. The molecule has 478 valence electrons. The van der Waals surface area contributed by atoms with Crippen LogP contribution in [0.5, 0.6) is 0 Å². The van der Waals surface area contributed by atoms with Crippen molar-refractivity contribution in [3.8, 4) is 0 Å². The molecule has 2 rings (SSSR count). The third-order valence-electron chi connectivity index (χ3n) is 15.5. The first-order valence-electron chi connectivity index (χ1n) is 33.0. The van der Waals surface area contributed by atoms with Gasteiger partial charge in [-0.3, -0.25) is 4.79 Å². The number of unbranched alkanes of at least 4 members (excludes halogenated alkanes) is 25. The fourth-order valence-electron chi connectivity index (χ4n) is 10.2. The van der Waals surface area contributed by atoms with Crippen LogP contribution >= 0.6 is 0 Å². The number of aliphatic hydroxyl groups excluding tert-OH is 8. The molecule has 0 spiro atoms. The van der Waals surface area contributed by atoms with E-state index in [1.807, 2.05) is 6.08 Å². The summed E-state index contributed by atoms with van der Waals surface area (Å²) in [4.78, 5) is 13.3. The number of carbonyl (C=O) groups excluding carboxylic acids is 1. The molecule has 14 heteroatoms. The fourth-order valence-corrected chi connectivity index (χ4v) is 10.2. The Morgan fingerprint density at radius 1 is 0.446 bits per heavy atom. The molecule has 12 atom stereocenters. The molecule has 0 aromatic carbocycles. The van der Waals surface area contributed by atoms with Gasteiger partial charge in [0.15, 0.2) is 12.6 Å². The number of aliphatic hydroxyl groups is 8. The number of ether oxygens (including phenoxy) is 4. The molecule has 1 amide bonds. The lowest BCUT2D eigenvalue weighted by Crippen LogP contribution is -2.65. The summed E-state index contributed by atoms with van der Waals surface area (Å²) in [5.41, 5.74) is 0. The van der Waals surface area contributed by atoms with Gasteiger partial charge in [0.25, 0.3) is 0 Å². The van der Waals surface area contributed by atoms with Gasteiger partial charge in [-0.15, -0.1) is 0 Å². The molecule has 0 bridgehead atoms. The average molecular weight is 1170 g/mol. The largest absolute Gasteiger partial charge is 0.394 e. The van der Waals surface area contributed by atoms with Crippen LogP contribution in [0.15, 0.2) is 97.2 Å².